The predicted molar refractivity (Wildman–Crippen MR) is 136 cm³/mol. The summed E-state index contributed by atoms with van der Waals surface area (Å²) >= 11 is 3.86. The number of thiophene rings is 2. The van der Waals surface area contributed by atoms with Gasteiger partial charge in [-0.15, -0.1) is 22.7 Å². The van der Waals surface area contributed by atoms with Gasteiger partial charge in [0.15, 0.2) is 0 Å². The number of hydrogen-bond acceptors (Lipinski definition) is 2. The number of rotatable bonds is 0. The molecule has 0 saturated carbocycles. The van der Waals surface area contributed by atoms with Crippen LogP contribution in [0.1, 0.15) is 0 Å². The average molecular weight is 415 g/mol. The van der Waals surface area contributed by atoms with Crippen molar-refractivity contribution in [2.75, 3.05) is 0 Å². The minimum absolute atomic E-state index is 1.33. The number of benzene rings is 6. The van der Waals surface area contributed by atoms with E-state index >= 15 is 0 Å². The molecule has 0 saturated heterocycles. The van der Waals surface area contributed by atoms with Crippen molar-refractivity contribution in [2.45, 2.75) is 0 Å². The van der Waals surface area contributed by atoms with Gasteiger partial charge in [0.25, 0.3) is 0 Å². The van der Waals surface area contributed by atoms with Crippen molar-refractivity contribution in [2.24, 2.45) is 0 Å². The van der Waals surface area contributed by atoms with Crippen LogP contribution in [0.5, 0.6) is 0 Å². The molecule has 0 aliphatic rings. The van der Waals surface area contributed by atoms with E-state index in [1.165, 1.54) is 72.7 Å². The zero-order valence-corrected chi connectivity index (χ0v) is 17.5. The lowest BCUT2D eigenvalue weighted by atomic mass is 9.90. The Labute approximate surface area is 179 Å². The van der Waals surface area contributed by atoms with E-state index < -0.39 is 0 Å². The first-order chi connectivity index (χ1) is 14.9. The van der Waals surface area contributed by atoms with Crippen LogP contribution in [0.2, 0.25) is 0 Å². The Balaban J connectivity index is 1.81. The first kappa shape index (κ1) is 15.6. The highest BCUT2D eigenvalue weighted by Gasteiger charge is 2.20. The molecule has 0 fully saturated rings. The lowest BCUT2D eigenvalue weighted by Gasteiger charge is -2.14. The van der Waals surface area contributed by atoms with Gasteiger partial charge in [0.05, 0.1) is 0 Å². The standard InChI is InChI=1S/C28H14S2/c1-3-10-21-16(7-1)25-19-13-12-15-6-5-9-18-24(15)26(19)20(14-23(25)29-21)28-27(18)17-8-2-4-11-22(17)30-28/h1-14H. The van der Waals surface area contributed by atoms with Crippen molar-refractivity contribution in [1.82, 2.24) is 0 Å². The van der Waals surface area contributed by atoms with Crippen LogP contribution in [0.3, 0.4) is 0 Å². The summed E-state index contributed by atoms with van der Waals surface area (Å²) in [5, 5.41) is 14.0. The highest BCUT2D eigenvalue weighted by Crippen LogP contribution is 2.50. The second kappa shape index (κ2) is 5.28. The van der Waals surface area contributed by atoms with Gasteiger partial charge in [-0.25, -0.2) is 0 Å². The maximum absolute atomic E-state index is 2.46. The van der Waals surface area contributed by atoms with Crippen LogP contribution in [0, 0.1) is 0 Å². The SMILES string of the molecule is c1ccc2c(c1)sc1cc3c4sc5ccccc5c4c4cccc5ccc(c12)c3c54. The topological polar surface area (TPSA) is 0 Å². The van der Waals surface area contributed by atoms with Crippen molar-refractivity contribution < 1.29 is 0 Å². The van der Waals surface area contributed by atoms with Crippen LogP contribution in [0.4, 0.5) is 0 Å². The quantitative estimate of drug-likeness (QED) is 0.217. The summed E-state index contributed by atoms with van der Waals surface area (Å²) in [7, 11) is 0. The minimum Gasteiger partial charge on any atom is -0.135 e. The molecule has 0 N–H and O–H groups in total. The van der Waals surface area contributed by atoms with Gasteiger partial charge in [0.2, 0.25) is 0 Å². The van der Waals surface area contributed by atoms with Gasteiger partial charge in [0.1, 0.15) is 0 Å². The van der Waals surface area contributed by atoms with Gasteiger partial charge in [0, 0.05) is 45.7 Å². The number of hydrogen-bond donors (Lipinski definition) is 0. The Morgan fingerprint density at radius 3 is 1.97 bits per heavy atom. The van der Waals surface area contributed by atoms with E-state index in [1.807, 2.05) is 22.7 Å². The molecule has 8 rings (SSSR count). The molecule has 0 nitrogen and oxygen atoms in total. The molecular weight excluding hydrogens is 400 g/mol. The summed E-state index contributed by atoms with van der Waals surface area (Å²) in [5.41, 5.74) is 0. The fourth-order valence-electron chi connectivity index (χ4n) is 5.40. The van der Waals surface area contributed by atoms with Crippen LogP contribution in [0.25, 0.3) is 72.7 Å². The maximum atomic E-state index is 2.46. The molecule has 2 heteroatoms. The Morgan fingerprint density at radius 2 is 1.10 bits per heavy atom. The van der Waals surface area contributed by atoms with Crippen LogP contribution < -0.4 is 0 Å². The fourth-order valence-corrected chi connectivity index (χ4v) is 7.81. The molecule has 0 spiro atoms. The van der Waals surface area contributed by atoms with Crippen molar-refractivity contribution in [3.8, 4) is 0 Å². The summed E-state index contributed by atoms with van der Waals surface area (Å²) < 4.78 is 5.56. The van der Waals surface area contributed by atoms with E-state index in [4.69, 9.17) is 0 Å². The molecule has 30 heavy (non-hydrogen) atoms. The van der Waals surface area contributed by atoms with E-state index in [0.717, 1.165) is 0 Å². The van der Waals surface area contributed by atoms with Gasteiger partial charge in [-0.05, 0) is 45.1 Å². The van der Waals surface area contributed by atoms with E-state index in [9.17, 15) is 0 Å². The van der Waals surface area contributed by atoms with Crippen molar-refractivity contribution in [3.05, 3.63) is 84.9 Å². The highest BCUT2D eigenvalue weighted by atomic mass is 32.1. The fraction of sp³-hybridized carbons (Fsp3) is 0. The highest BCUT2D eigenvalue weighted by molar-refractivity contribution is 7.27. The van der Waals surface area contributed by atoms with Crippen molar-refractivity contribution in [1.29, 1.82) is 0 Å². The zero-order valence-electron chi connectivity index (χ0n) is 15.9. The van der Waals surface area contributed by atoms with Crippen LogP contribution in [-0.4, -0.2) is 0 Å². The van der Waals surface area contributed by atoms with Crippen molar-refractivity contribution in [3.63, 3.8) is 0 Å². The Bertz CT molecular complexity index is 1950. The Hall–Kier alpha value is -3.20. The lowest BCUT2D eigenvalue weighted by Crippen LogP contribution is -1.85. The molecule has 0 amide bonds. The zero-order chi connectivity index (χ0) is 19.4. The van der Waals surface area contributed by atoms with Gasteiger partial charge >= 0.3 is 0 Å². The summed E-state index contributed by atoms with van der Waals surface area (Å²) in [6.45, 7) is 0. The molecule has 2 aromatic heterocycles. The van der Waals surface area contributed by atoms with Gasteiger partial charge in [-0.3, -0.25) is 0 Å². The minimum atomic E-state index is 1.33. The smallest absolute Gasteiger partial charge is 0.0441 e. The third-order valence-electron chi connectivity index (χ3n) is 6.59. The third kappa shape index (κ3) is 1.74. The molecule has 8 aromatic rings. The van der Waals surface area contributed by atoms with E-state index in [2.05, 4.69) is 84.9 Å². The maximum Gasteiger partial charge on any atom is 0.0441 e. The summed E-state index contributed by atoms with van der Waals surface area (Å²) in [6, 6.07) is 31.6. The lowest BCUT2D eigenvalue weighted by molar-refractivity contribution is 1.84. The first-order valence-electron chi connectivity index (χ1n) is 10.2. The van der Waals surface area contributed by atoms with Gasteiger partial charge < -0.3 is 0 Å². The normalized spacial score (nSPS) is 12.7. The molecule has 0 aliphatic heterocycles. The molecule has 2 heterocycles. The Morgan fingerprint density at radius 1 is 0.400 bits per heavy atom. The summed E-state index contributed by atoms with van der Waals surface area (Å²) in [5.74, 6) is 0. The molecule has 0 unspecified atom stereocenters. The molecule has 0 aliphatic carbocycles. The molecule has 0 bridgehead atoms. The van der Waals surface area contributed by atoms with E-state index in [0.29, 0.717) is 0 Å². The van der Waals surface area contributed by atoms with Crippen molar-refractivity contribution >= 4 is 95.3 Å². The van der Waals surface area contributed by atoms with E-state index in [-0.39, 0.29) is 0 Å². The van der Waals surface area contributed by atoms with Gasteiger partial charge in [-0.2, -0.15) is 0 Å². The largest absolute Gasteiger partial charge is 0.135 e. The first-order valence-corrected chi connectivity index (χ1v) is 11.8. The molecule has 0 radical (unpaired) electrons. The van der Waals surface area contributed by atoms with Crippen LogP contribution in [-0.2, 0) is 0 Å². The summed E-state index contributed by atoms with van der Waals surface area (Å²) in [4.78, 5) is 0. The van der Waals surface area contributed by atoms with Crippen LogP contribution >= 0.6 is 22.7 Å². The summed E-state index contributed by atoms with van der Waals surface area (Å²) in [6.07, 6.45) is 0. The number of fused-ring (bicyclic) bond motifs is 9. The van der Waals surface area contributed by atoms with Gasteiger partial charge in [-0.1, -0.05) is 66.7 Å². The average Bonchev–Trinajstić information content (AvgIpc) is 3.36. The molecule has 138 valence electrons. The second-order valence-electron chi connectivity index (χ2n) is 8.09. The molecule has 6 aromatic carbocycles. The van der Waals surface area contributed by atoms with Crippen LogP contribution in [0.15, 0.2) is 84.9 Å². The Kier molecular flexibility index (Phi) is 2.75. The van der Waals surface area contributed by atoms with E-state index in [1.54, 1.807) is 0 Å². The molecular formula is C28H14S2. The third-order valence-corrected chi connectivity index (χ3v) is 8.91. The monoisotopic (exact) mass is 414 g/mol. The molecule has 0 atom stereocenters. The second-order valence-corrected chi connectivity index (χ2v) is 10.2. The predicted octanol–water partition coefficient (Wildman–Crippen LogP) is 9.32.